The summed E-state index contributed by atoms with van der Waals surface area (Å²) in [6, 6.07) is 0. The van der Waals surface area contributed by atoms with Crippen LogP contribution >= 0.6 is 0 Å². The van der Waals surface area contributed by atoms with Crippen molar-refractivity contribution in [2.45, 2.75) is 51.6 Å². The van der Waals surface area contributed by atoms with Gasteiger partial charge in [-0.1, -0.05) is 13.3 Å². The van der Waals surface area contributed by atoms with Crippen molar-refractivity contribution in [3.05, 3.63) is 16.9 Å². The lowest BCUT2D eigenvalue weighted by Crippen LogP contribution is -2.41. The van der Waals surface area contributed by atoms with Crippen molar-refractivity contribution < 1.29 is 33.8 Å². The summed E-state index contributed by atoms with van der Waals surface area (Å²) in [7, 11) is 2.62. The molecule has 2 atom stereocenters. The van der Waals surface area contributed by atoms with Gasteiger partial charge in [-0.2, -0.15) is 0 Å². The number of unbranched alkanes of at least 4 members (excludes halogenated alkanes) is 1. The summed E-state index contributed by atoms with van der Waals surface area (Å²) in [5.74, 6) is -1.11. The van der Waals surface area contributed by atoms with Crippen LogP contribution in [0.5, 0.6) is 0 Å². The van der Waals surface area contributed by atoms with Gasteiger partial charge in [0.05, 0.1) is 12.7 Å². The highest BCUT2D eigenvalue weighted by Gasteiger charge is 2.43. The van der Waals surface area contributed by atoms with Crippen LogP contribution in [-0.2, 0) is 28.7 Å². The highest BCUT2D eigenvalue weighted by molar-refractivity contribution is 6.23. The number of Topliss-reactive ketones (excluding diaryl/α,β-unsaturated/α-hetero) is 2. The van der Waals surface area contributed by atoms with Crippen LogP contribution in [0.2, 0.25) is 0 Å². The topological polar surface area (TPSA) is 107 Å². The number of methoxy groups -OCH3 is 2. The van der Waals surface area contributed by atoms with Gasteiger partial charge in [-0.15, -0.1) is 0 Å². The number of carbonyl (C=O) groups is 3. The zero-order chi connectivity index (χ0) is 19.0. The average Bonchev–Trinajstić information content (AvgIpc) is 2.58. The molecule has 0 aromatic heterocycles. The molecule has 0 spiro atoms. The molecule has 1 rings (SSSR count). The monoisotopic (exact) mass is 352 g/mol. The van der Waals surface area contributed by atoms with E-state index >= 15 is 0 Å². The Morgan fingerprint density at radius 2 is 1.88 bits per heavy atom. The van der Waals surface area contributed by atoms with E-state index in [1.807, 2.05) is 0 Å². The van der Waals surface area contributed by atoms with Gasteiger partial charge in [0.25, 0.3) is 0 Å². The molecule has 138 valence electrons. The van der Waals surface area contributed by atoms with Crippen LogP contribution in [0.3, 0.4) is 0 Å². The molecule has 0 saturated heterocycles. The molecule has 0 aromatic rings. The maximum Gasteiger partial charge on any atom is 0.305 e. The molecule has 0 amide bonds. The number of allylic oxidation sites excluding steroid dienone is 1. The van der Waals surface area contributed by atoms with Crippen LogP contribution in [0.25, 0.3) is 0 Å². The van der Waals surface area contributed by atoms with Crippen LogP contribution in [0.15, 0.2) is 16.9 Å². The summed E-state index contributed by atoms with van der Waals surface area (Å²) >= 11 is 0. The van der Waals surface area contributed by atoms with Gasteiger partial charge in [-0.25, -0.2) is 4.79 Å². The average molecular weight is 352 g/mol. The molecular formula is C18H24O7. The first-order chi connectivity index (χ1) is 11.9. The molecule has 0 saturated carbocycles. The molecule has 0 bridgehead atoms. The Kier molecular flexibility index (Phi) is 8.25. The summed E-state index contributed by atoms with van der Waals surface area (Å²) < 4.78 is 9.77. The van der Waals surface area contributed by atoms with Gasteiger partial charge in [0.15, 0.2) is 11.6 Å². The Labute approximate surface area is 146 Å². The van der Waals surface area contributed by atoms with E-state index in [0.29, 0.717) is 25.7 Å². The number of carbonyl (C=O) groups excluding carboxylic acids is 4. The molecule has 7 heteroatoms. The Hall–Kier alpha value is -2.24. The highest BCUT2D eigenvalue weighted by Crippen LogP contribution is 2.35. The van der Waals surface area contributed by atoms with Gasteiger partial charge in [0, 0.05) is 25.9 Å². The van der Waals surface area contributed by atoms with E-state index in [1.165, 1.54) is 14.2 Å². The second-order valence-electron chi connectivity index (χ2n) is 5.86. The minimum absolute atomic E-state index is 0.0947. The van der Waals surface area contributed by atoms with E-state index in [4.69, 9.17) is 4.74 Å². The van der Waals surface area contributed by atoms with Gasteiger partial charge in [-0.05, 0) is 19.3 Å². The van der Waals surface area contributed by atoms with Crippen LogP contribution < -0.4 is 0 Å². The van der Waals surface area contributed by atoms with Gasteiger partial charge >= 0.3 is 5.97 Å². The Morgan fingerprint density at radius 1 is 1.20 bits per heavy atom. The van der Waals surface area contributed by atoms with Gasteiger partial charge < -0.3 is 14.6 Å². The molecule has 2 unspecified atom stereocenters. The maximum absolute atomic E-state index is 12.6. The molecule has 25 heavy (non-hydrogen) atoms. The van der Waals surface area contributed by atoms with Gasteiger partial charge in [0.2, 0.25) is 0 Å². The summed E-state index contributed by atoms with van der Waals surface area (Å²) in [6.07, 6.45) is 1.16. The van der Waals surface area contributed by atoms with E-state index in [9.17, 15) is 24.3 Å². The summed E-state index contributed by atoms with van der Waals surface area (Å²) in [4.78, 5) is 47.2. The molecule has 7 nitrogen and oxygen atoms in total. The van der Waals surface area contributed by atoms with Crippen LogP contribution in [0, 0.1) is 5.92 Å². The van der Waals surface area contributed by atoms with Crippen LogP contribution in [0.4, 0.5) is 0 Å². The fourth-order valence-corrected chi connectivity index (χ4v) is 2.95. The van der Waals surface area contributed by atoms with E-state index < -0.39 is 29.3 Å². The van der Waals surface area contributed by atoms with E-state index in [-0.39, 0.29) is 30.0 Å². The van der Waals surface area contributed by atoms with Gasteiger partial charge in [-0.3, -0.25) is 14.4 Å². The molecule has 0 aromatic carbocycles. The number of ketones is 2. The second-order valence-corrected chi connectivity index (χ2v) is 5.86. The summed E-state index contributed by atoms with van der Waals surface area (Å²) in [5, 5.41) is 10.3. The van der Waals surface area contributed by atoms with E-state index in [2.05, 4.69) is 4.74 Å². The zero-order valence-corrected chi connectivity index (χ0v) is 14.8. The predicted octanol–water partition coefficient (Wildman–Crippen LogP) is 1.87. The fourth-order valence-electron chi connectivity index (χ4n) is 2.95. The third-order valence-electron chi connectivity index (χ3n) is 4.23. The van der Waals surface area contributed by atoms with Crippen molar-refractivity contribution in [3.63, 3.8) is 0 Å². The molecule has 1 aliphatic carbocycles. The lowest BCUT2D eigenvalue weighted by Gasteiger charge is -2.30. The van der Waals surface area contributed by atoms with Crippen LogP contribution in [-0.4, -0.2) is 48.9 Å². The molecule has 0 fully saturated rings. The first kappa shape index (κ1) is 20.8. The predicted molar refractivity (Wildman–Crippen MR) is 88.6 cm³/mol. The first-order valence-electron chi connectivity index (χ1n) is 8.28. The lowest BCUT2D eigenvalue weighted by atomic mass is 9.77. The third kappa shape index (κ3) is 4.87. The second kappa shape index (κ2) is 9.91. The van der Waals surface area contributed by atoms with Crippen molar-refractivity contribution >= 4 is 23.5 Å². The number of hydrogen-bond donors (Lipinski definition) is 1. The highest BCUT2D eigenvalue weighted by atomic mass is 16.5. The molecule has 1 N–H and O–H groups in total. The van der Waals surface area contributed by atoms with Crippen molar-refractivity contribution in [2.75, 3.05) is 14.2 Å². The van der Waals surface area contributed by atoms with E-state index in [0.717, 1.165) is 0 Å². The number of aliphatic hydroxyl groups is 1. The number of aliphatic hydroxyl groups excluding tert-OH is 1. The van der Waals surface area contributed by atoms with Crippen molar-refractivity contribution in [2.24, 2.45) is 5.92 Å². The Morgan fingerprint density at radius 3 is 2.40 bits per heavy atom. The zero-order valence-electron chi connectivity index (χ0n) is 14.8. The summed E-state index contributed by atoms with van der Waals surface area (Å²) in [6.45, 7) is 1.78. The molecule has 0 radical (unpaired) electrons. The SMILES string of the molecule is CCCC(=O)C1=C(O)C(=C=O)C(CCCCC(=O)OC)C(OC)C1=O. The number of esters is 1. The number of ether oxygens (including phenoxy) is 2. The quantitative estimate of drug-likeness (QED) is 0.292. The van der Waals surface area contributed by atoms with Crippen molar-refractivity contribution in [3.8, 4) is 0 Å². The Balaban J connectivity index is 3.03. The number of rotatable bonds is 9. The maximum atomic E-state index is 12.6. The minimum atomic E-state index is -1.03. The van der Waals surface area contributed by atoms with Crippen molar-refractivity contribution in [1.82, 2.24) is 0 Å². The summed E-state index contributed by atoms with van der Waals surface area (Å²) in [5.41, 5.74) is -0.498. The fraction of sp³-hybridized carbons (Fsp3) is 0.611. The molecule has 0 aliphatic heterocycles. The minimum Gasteiger partial charge on any atom is -0.506 e. The third-order valence-corrected chi connectivity index (χ3v) is 4.23. The lowest BCUT2D eigenvalue weighted by molar-refractivity contribution is -0.141. The molecule has 1 aliphatic rings. The largest absolute Gasteiger partial charge is 0.506 e. The van der Waals surface area contributed by atoms with Crippen LogP contribution in [0.1, 0.15) is 45.4 Å². The normalized spacial score (nSPS) is 20.4. The van der Waals surface area contributed by atoms with E-state index in [1.54, 1.807) is 12.9 Å². The number of hydrogen-bond acceptors (Lipinski definition) is 7. The molecule has 0 heterocycles. The smallest absolute Gasteiger partial charge is 0.305 e. The van der Waals surface area contributed by atoms with Gasteiger partial charge in [0.1, 0.15) is 23.4 Å². The standard InChI is InChI=1S/C18H24O7/c1-4-7-13(20)15-16(22)12(10-19)11(18(25-3)17(15)23)8-5-6-9-14(21)24-2/h11,18,22H,4-9H2,1-3H3. The first-order valence-corrected chi connectivity index (χ1v) is 8.28. The molecular weight excluding hydrogens is 328 g/mol. The Bertz CT molecular complexity index is 611. The van der Waals surface area contributed by atoms with Crippen molar-refractivity contribution in [1.29, 1.82) is 0 Å².